The van der Waals surface area contributed by atoms with Gasteiger partial charge in [0.15, 0.2) is 0 Å². The maximum absolute atomic E-state index is 5.94. The Balaban J connectivity index is 2.21. The molecule has 2 heterocycles. The molecule has 18 heavy (non-hydrogen) atoms. The quantitative estimate of drug-likeness (QED) is 0.720. The molecule has 0 radical (unpaired) electrons. The van der Waals surface area contributed by atoms with E-state index >= 15 is 0 Å². The summed E-state index contributed by atoms with van der Waals surface area (Å²) in [5.41, 5.74) is 8.01. The molecule has 0 bridgehead atoms. The van der Waals surface area contributed by atoms with Gasteiger partial charge < -0.3 is 10.5 Å². The average Bonchev–Trinajstić information content (AvgIpc) is 2.92. The minimum absolute atomic E-state index is 0.467. The number of nitrogens with one attached hydrogen (secondary N) is 1. The van der Waals surface area contributed by atoms with Gasteiger partial charge >= 0.3 is 0 Å². The zero-order chi connectivity index (χ0) is 12.5. The lowest BCUT2D eigenvalue weighted by molar-refractivity contribution is 0.399. The van der Waals surface area contributed by atoms with E-state index in [0.29, 0.717) is 11.7 Å². The highest BCUT2D eigenvalue weighted by Crippen LogP contribution is 2.28. The van der Waals surface area contributed by atoms with Crippen molar-refractivity contribution in [2.75, 3.05) is 12.8 Å². The number of nitrogens with zero attached hydrogens (tertiary/aromatic N) is 2. The van der Waals surface area contributed by atoms with Gasteiger partial charge in [0.05, 0.1) is 13.3 Å². The van der Waals surface area contributed by atoms with E-state index in [1.54, 1.807) is 13.3 Å². The van der Waals surface area contributed by atoms with Gasteiger partial charge in [0, 0.05) is 23.2 Å². The van der Waals surface area contributed by atoms with Crippen LogP contribution in [0.1, 0.15) is 0 Å². The molecule has 0 aliphatic carbocycles. The van der Waals surface area contributed by atoms with E-state index in [1.807, 2.05) is 30.5 Å². The van der Waals surface area contributed by atoms with Crippen molar-refractivity contribution in [1.29, 1.82) is 0 Å². The maximum atomic E-state index is 5.94. The van der Waals surface area contributed by atoms with E-state index in [1.165, 1.54) is 0 Å². The van der Waals surface area contributed by atoms with E-state index < -0.39 is 0 Å². The molecule has 5 heteroatoms. The predicted octanol–water partition coefficient (Wildman–Crippen LogP) is 2.22. The number of methoxy groups -OCH3 is 1. The fourth-order valence-corrected chi connectivity index (χ4v) is 1.94. The number of nitrogens with two attached hydrogens (primary N) is 1. The summed E-state index contributed by atoms with van der Waals surface area (Å²) in [7, 11) is 1.58. The monoisotopic (exact) mass is 240 g/mol. The third kappa shape index (κ3) is 1.66. The molecule has 0 aliphatic heterocycles. The summed E-state index contributed by atoms with van der Waals surface area (Å²) in [5, 5.41) is 8.65. The van der Waals surface area contributed by atoms with E-state index in [0.717, 1.165) is 21.9 Å². The molecule has 0 unspecified atom stereocenters. The lowest BCUT2D eigenvalue weighted by Crippen LogP contribution is -1.95. The summed E-state index contributed by atoms with van der Waals surface area (Å²) in [6.07, 6.45) is 3.61. The number of ether oxygens (including phenoxy) is 1. The van der Waals surface area contributed by atoms with Gasteiger partial charge in [-0.15, -0.1) is 0 Å². The number of rotatable bonds is 2. The van der Waals surface area contributed by atoms with Crippen LogP contribution in [-0.2, 0) is 0 Å². The van der Waals surface area contributed by atoms with Gasteiger partial charge in [0.25, 0.3) is 0 Å². The van der Waals surface area contributed by atoms with Crippen molar-refractivity contribution in [2.24, 2.45) is 0 Å². The van der Waals surface area contributed by atoms with Crippen LogP contribution in [0, 0.1) is 0 Å². The molecule has 90 valence electrons. The Labute approximate surface area is 104 Å². The van der Waals surface area contributed by atoms with Gasteiger partial charge in [0.1, 0.15) is 5.82 Å². The topological polar surface area (TPSA) is 76.8 Å². The molecule has 1 aromatic carbocycles. The smallest absolute Gasteiger partial charge is 0.215 e. The second-order valence-corrected chi connectivity index (χ2v) is 3.97. The molecule has 0 atom stereocenters. The van der Waals surface area contributed by atoms with E-state index in [4.69, 9.17) is 10.5 Å². The van der Waals surface area contributed by atoms with E-state index in [2.05, 4.69) is 15.2 Å². The normalized spacial score (nSPS) is 10.7. The summed E-state index contributed by atoms with van der Waals surface area (Å²) in [5.74, 6) is 0.991. The lowest BCUT2D eigenvalue weighted by Gasteiger charge is -2.06. The first-order chi connectivity index (χ1) is 8.78. The number of benzene rings is 1. The molecule has 3 rings (SSSR count). The van der Waals surface area contributed by atoms with Crippen molar-refractivity contribution in [3.8, 4) is 17.0 Å². The zero-order valence-electron chi connectivity index (χ0n) is 9.84. The Hall–Kier alpha value is -2.56. The molecule has 0 fully saturated rings. The van der Waals surface area contributed by atoms with Gasteiger partial charge in [-0.1, -0.05) is 12.1 Å². The predicted molar refractivity (Wildman–Crippen MR) is 70.3 cm³/mol. The first-order valence-electron chi connectivity index (χ1n) is 5.51. The molecule has 3 aromatic rings. The van der Waals surface area contributed by atoms with Crippen LogP contribution in [-0.4, -0.2) is 22.3 Å². The van der Waals surface area contributed by atoms with Crippen LogP contribution in [0.5, 0.6) is 5.88 Å². The Bertz CT molecular complexity index is 692. The number of aromatic nitrogens is 3. The van der Waals surface area contributed by atoms with Crippen molar-refractivity contribution < 1.29 is 4.74 Å². The lowest BCUT2D eigenvalue weighted by atomic mass is 10.0. The molecule has 0 amide bonds. The van der Waals surface area contributed by atoms with Gasteiger partial charge in [0.2, 0.25) is 5.88 Å². The van der Waals surface area contributed by atoms with Crippen LogP contribution in [0.2, 0.25) is 0 Å². The summed E-state index contributed by atoms with van der Waals surface area (Å²) in [6.45, 7) is 0. The Morgan fingerprint density at radius 2 is 2.11 bits per heavy atom. The van der Waals surface area contributed by atoms with Gasteiger partial charge in [-0.25, -0.2) is 0 Å². The SMILES string of the molecule is COc1cc2ccc(-c3cn[nH]c3)cc2c(N)n1. The van der Waals surface area contributed by atoms with E-state index in [-0.39, 0.29) is 0 Å². The molecular weight excluding hydrogens is 228 g/mol. The molecule has 3 N–H and O–H groups in total. The number of aromatic amines is 1. The number of fused-ring (bicyclic) bond motifs is 1. The second-order valence-electron chi connectivity index (χ2n) is 3.97. The molecule has 5 nitrogen and oxygen atoms in total. The first kappa shape index (κ1) is 10.6. The van der Waals surface area contributed by atoms with E-state index in [9.17, 15) is 0 Å². The molecule has 0 aliphatic rings. The highest BCUT2D eigenvalue weighted by atomic mass is 16.5. The fourth-order valence-electron chi connectivity index (χ4n) is 1.94. The fraction of sp³-hybridized carbons (Fsp3) is 0.0769. The van der Waals surface area contributed by atoms with Gasteiger partial charge in [-0.05, 0) is 17.0 Å². The van der Waals surface area contributed by atoms with Gasteiger partial charge in [-0.2, -0.15) is 10.1 Å². The maximum Gasteiger partial charge on any atom is 0.215 e. The third-order valence-corrected chi connectivity index (χ3v) is 2.88. The summed E-state index contributed by atoms with van der Waals surface area (Å²) in [4.78, 5) is 4.17. The van der Waals surface area contributed by atoms with Gasteiger partial charge in [-0.3, -0.25) is 5.10 Å². The largest absolute Gasteiger partial charge is 0.481 e. The zero-order valence-corrected chi connectivity index (χ0v) is 9.84. The number of nitrogen functional groups attached to an aromatic ring is 1. The number of hydrogen-bond acceptors (Lipinski definition) is 4. The third-order valence-electron chi connectivity index (χ3n) is 2.88. The minimum Gasteiger partial charge on any atom is -0.481 e. The van der Waals surface area contributed by atoms with Crippen molar-refractivity contribution in [3.05, 3.63) is 36.7 Å². The van der Waals surface area contributed by atoms with Crippen LogP contribution in [0.15, 0.2) is 36.7 Å². The van der Waals surface area contributed by atoms with Crippen molar-refractivity contribution in [2.45, 2.75) is 0 Å². The highest BCUT2D eigenvalue weighted by Gasteiger charge is 2.06. The molecule has 0 spiro atoms. The van der Waals surface area contributed by atoms with Crippen LogP contribution in [0.4, 0.5) is 5.82 Å². The Morgan fingerprint density at radius 3 is 2.83 bits per heavy atom. The van der Waals surface area contributed by atoms with Crippen LogP contribution >= 0.6 is 0 Å². The number of pyridine rings is 1. The van der Waals surface area contributed by atoms with Crippen molar-refractivity contribution in [1.82, 2.24) is 15.2 Å². The molecular formula is C13H12N4O. The summed E-state index contributed by atoms with van der Waals surface area (Å²) in [6, 6.07) is 7.89. The minimum atomic E-state index is 0.467. The molecule has 0 saturated carbocycles. The highest BCUT2D eigenvalue weighted by molar-refractivity contribution is 5.94. The number of H-pyrrole nitrogens is 1. The second kappa shape index (κ2) is 4.03. The number of hydrogen-bond donors (Lipinski definition) is 2. The van der Waals surface area contributed by atoms with Crippen molar-refractivity contribution in [3.63, 3.8) is 0 Å². The van der Waals surface area contributed by atoms with Crippen molar-refractivity contribution >= 4 is 16.6 Å². The van der Waals surface area contributed by atoms with Crippen LogP contribution in [0.25, 0.3) is 21.9 Å². The first-order valence-corrected chi connectivity index (χ1v) is 5.51. The summed E-state index contributed by atoms with van der Waals surface area (Å²) >= 11 is 0. The standard InChI is InChI=1S/C13H12N4O/c1-18-12-5-9-3-2-8(10-6-15-16-7-10)4-11(9)13(14)17-12/h2-7H,1H3,(H2,14,17)(H,15,16). The molecule has 0 saturated heterocycles. The average molecular weight is 240 g/mol. The van der Waals surface area contributed by atoms with Crippen LogP contribution < -0.4 is 10.5 Å². The number of anilines is 1. The summed E-state index contributed by atoms with van der Waals surface area (Å²) < 4.78 is 5.10. The molecule has 2 aromatic heterocycles. The Morgan fingerprint density at radius 1 is 1.22 bits per heavy atom. The Kier molecular flexibility index (Phi) is 2.37. The van der Waals surface area contributed by atoms with Crippen LogP contribution in [0.3, 0.4) is 0 Å².